The van der Waals surface area contributed by atoms with E-state index in [1.54, 1.807) is 13.8 Å². The Hall–Kier alpha value is -3.54. The van der Waals surface area contributed by atoms with Gasteiger partial charge < -0.3 is 20.1 Å². The highest BCUT2D eigenvalue weighted by atomic mass is 16.6. The summed E-state index contributed by atoms with van der Waals surface area (Å²) in [5.41, 5.74) is 5.79. The van der Waals surface area contributed by atoms with Crippen LogP contribution in [-0.4, -0.2) is 44.3 Å². The summed E-state index contributed by atoms with van der Waals surface area (Å²) >= 11 is 0. The van der Waals surface area contributed by atoms with Gasteiger partial charge in [-0.3, -0.25) is 0 Å². The molecule has 1 aliphatic heterocycles. The van der Waals surface area contributed by atoms with Gasteiger partial charge in [0.05, 0.1) is 22.9 Å². The van der Waals surface area contributed by atoms with Gasteiger partial charge in [-0.05, 0) is 122 Å². The number of aliphatic hydroxyl groups is 3. The second kappa shape index (κ2) is 23.4. The molecule has 0 aromatic rings. The molecule has 0 saturated carbocycles. The molecule has 0 amide bonds. The Labute approximate surface area is 330 Å². The van der Waals surface area contributed by atoms with Crippen molar-refractivity contribution in [1.82, 2.24) is 0 Å². The third-order valence-electron chi connectivity index (χ3n) is 9.33. The topological polar surface area (TPSA) is 73.2 Å². The van der Waals surface area contributed by atoms with E-state index in [-0.39, 0.29) is 24.0 Å². The molecule has 4 nitrogen and oxygen atoms in total. The summed E-state index contributed by atoms with van der Waals surface area (Å²) in [6, 6.07) is 0. The van der Waals surface area contributed by atoms with Gasteiger partial charge in [-0.1, -0.05) is 149 Å². The molecule has 0 aliphatic carbocycles. The maximum absolute atomic E-state index is 10.7. The first-order valence-corrected chi connectivity index (χ1v) is 19.6. The first-order valence-electron chi connectivity index (χ1n) is 19.6. The molecule has 0 aromatic heterocycles. The second-order valence-corrected chi connectivity index (χ2v) is 17.1. The Morgan fingerprint density at radius 3 is 1.35 bits per heavy atom. The van der Waals surface area contributed by atoms with Crippen LogP contribution in [0.1, 0.15) is 116 Å². The Kier molecular flexibility index (Phi) is 21.0. The number of allylic oxidation sites excluding steroid dienone is 24. The summed E-state index contributed by atoms with van der Waals surface area (Å²) in [6.07, 6.45) is 41.9. The van der Waals surface area contributed by atoms with Crippen molar-refractivity contribution >= 4 is 0 Å². The maximum atomic E-state index is 10.7. The summed E-state index contributed by atoms with van der Waals surface area (Å²) in [5, 5.41) is 31.4. The van der Waals surface area contributed by atoms with Gasteiger partial charge in [0, 0.05) is 11.8 Å². The minimum absolute atomic E-state index is 0.0359. The lowest BCUT2D eigenvalue weighted by Gasteiger charge is -2.29. The molecule has 0 aromatic carbocycles. The highest BCUT2D eigenvalue weighted by Gasteiger charge is 2.49. The fraction of sp³-hybridized carbons (Fsp3) is 0.480. The third-order valence-corrected chi connectivity index (χ3v) is 9.33. The van der Waals surface area contributed by atoms with E-state index >= 15 is 0 Å². The second-order valence-electron chi connectivity index (χ2n) is 17.1. The molecule has 1 rings (SSSR count). The average Bonchev–Trinajstić information content (AvgIpc) is 3.81. The number of hydrogen-bond acceptors (Lipinski definition) is 4. The van der Waals surface area contributed by atoms with Crippen molar-refractivity contribution in [1.29, 1.82) is 0 Å². The molecule has 0 radical (unpaired) electrons. The van der Waals surface area contributed by atoms with Crippen molar-refractivity contribution in [2.75, 3.05) is 0 Å². The van der Waals surface area contributed by atoms with Crippen LogP contribution in [0.25, 0.3) is 0 Å². The zero-order chi connectivity index (χ0) is 41.1. The van der Waals surface area contributed by atoms with Crippen molar-refractivity contribution in [3.05, 3.63) is 154 Å². The zero-order valence-corrected chi connectivity index (χ0v) is 36.2. The summed E-state index contributed by atoms with van der Waals surface area (Å²) < 4.78 is 6.02. The lowest BCUT2D eigenvalue weighted by Crippen LogP contribution is -2.35. The van der Waals surface area contributed by atoms with E-state index in [1.165, 1.54) is 11.1 Å². The van der Waals surface area contributed by atoms with Gasteiger partial charge in [0.2, 0.25) is 0 Å². The smallest absolute Gasteiger partial charge is 0.106 e. The first-order chi connectivity index (χ1) is 25.0. The highest BCUT2D eigenvalue weighted by molar-refractivity contribution is 5.33. The molecule has 1 aliphatic rings. The van der Waals surface area contributed by atoms with Gasteiger partial charge in [-0.25, -0.2) is 0 Å². The predicted molar refractivity (Wildman–Crippen MR) is 235 cm³/mol. The van der Waals surface area contributed by atoms with Crippen LogP contribution in [0.2, 0.25) is 0 Å². The minimum atomic E-state index is -0.846. The van der Waals surface area contributed by atoms with E-state index in [4.69, 9.17) is 4.74 Å². The van der Waals surface area contributed by atoms with Crippen LogP contribution >= 0.6 is 0 Å². The molecular weight excluding hydrogens is 665 g/mol. The largest absolute Gasteiger partial charge is 0.390 e. The fourth-order valence-corrected chi connectivity index (χ4v) is 5.64. The maximum Gasteiger partial charge on any atom is 0.106 e. The van der Waals surface area contributed by atoms with Gasteiger partial charge in [0.15, 0.2) is 0 Å². The van der Waals surface area contributed by atoms with Crippen molar-refractivity contribution < 1.29 is 20.1 Å². The highest BCUT2D eigenvalue weighted by Crippen LogP contribution is 2.41. The van der Waals surface area contributed by atoms with Crippen molar-refractivity contribution in [2.24, 2.45) is 11.8 Å². The summed E-state index contributed by atoms with van der Waals surface area (Å²) in [6.45, 7) is 27.7. The molecule has 54 heavy (non-hydrogen) atoms. The Balaban J connectivity index is 2.64. The summed E-state index contributed by atoms with van der Waals surface area (Å²) in [4.78, 5) is 0. The Morgan fingerprint density at radius 1 is 0.556 bits per heavy atom. The monoisotopic (exact) mass is 739 g/mol. The first kappa shape index (κ1) is 48.5. The van der Waals surface area contributed by atoms with Gasteiger partial charge in [0.25, 0.3) is 0 Å². The van der Waals surface area contributed by atoms with Gasteiger partial charge in [0.1, 0.15) is 6.10 Å². The number of rotatable bonds is 21. The van der Waals surface area contributed by atoms with E-state index in [2.05, 4.69) is 152 Å². The molecule has 298 valence electrons. The minimum Gasteiger partial charge on any atom is -0.390 e. The van der Waals surface area contributed by atoms with Gasteiger partial charge >= 0.3 is 0 Å². The SMILES string of the molecule is CC(C)=CC[C@H]([C@H]1O[C@@H]1/C(C)=C/C=C/C(C)=C/C=C/C(C)=C/C=C/C=C(C)/C=C/C=C(C)/C=C/C=C(C)/C=C/[C@H](CCC(C)(C)O)C(C)(C)O)C(C)(C)O. The zero-order valence-electron chi connectivity index (χ0n) is 36.2. The number of ether oxygens (including phenoxy) is 1. The van der Waals surface area contributed by atoms with Crippen LogP contribution in [0.3, 0.4) is 0 Å². The molecule has 3 N–H and O–H groups in total. The van der Waals surface area contributed by atoms with Crippen molar-refractivity contribution in [3.63, 3.8) is 0 Å². The van der Waals surface area contributed by atoms with Gasteiger partial charge in [-0.15, -0.1) is 0 Å². The van der Waals surface area contributed by atoms with Crippen LogP contribution in [0, 0.1) is 11.8 Å². The van der Waals surface area contributed by atoms with E-state index in [0.717, 1.165) is 40.7 Å². The molecule has 0 unspecified atom stereocenters. The third kappa shape index (κ3) is 22.6. The molecule has 4 atom stereocenters. The van der Waals surface area contributed by atoms with E-state index in [1.807, 2.05) is 46.8 Å². The molecular formula is C50H74O4. The van der Waals surface area contributed by atoms with Crippen LogP contribution in [0.15, 0.2) is 154 Å². The van der Waals surface area contributed by atoms with Crippen LogP contribution in [0.5, 0.6) is 0 Å². The lowest BCUT2D eigenvalue weighted by molar-refractivity contribution is 0.00579. The van der Waals surface area contributed by atoms with E-state index < -0.39 is 16.8 Å². The molecule has 1 heterocycles. The van der Waals surface area contributed by atoms with E-state index in [9.17, 15) is 15.3 Å². The molecule has 0 bridgehead atoms. The lowest BCUT2D eigenvalue weighted by atomic mass is 9.83. The van der Waals surface area contributed by atoms with Gasteiger partial charge in [-0.2, -0.15) is 0 Å². The standard InChI is InChI=1S/C50H74O4/c1-37(2)31-34-45(50(13,14)53)47-46(54-47)43(8)30-20-29-41(6)26-18-24-39(4)22-16-15-21-38(3)23-17-25-40(5)27-19-28-42(7)32-33-44(49(11,12)52)35-36-48(9,10)51/h15-33,44-47,51-53H,34-36H2,1-14H3/b16-15+,23-17+,24-18+,27-19+,29-20+,33-32+,38-21+,39-22+,40-25+,41-26+,42-28+,43-30+/t44-,45-,46-,47-/m1/s1. The quantitative estimate of drug-likeness (QED) is 0.0623. The van der Waals surface area contributed by atoms with Crippen molar-refractivity contribution in [3.8, 4) is 0 Å². The molecule has 4 heteroatoms. The molecule has 1 saturated heterocycles. The summed E-state index contributed by atoms with van der Waals surface area (Å²) in [7, 11) is 0. The number of epoxide rings is 1. The summed E-state index contributed by atoms with van der Waals surface area (Å²) in [5.74, 6) is 0.0308. The fourth-order valence-electron chi connectivity index (χ4n) is 5.64. The van der Waals surface area contributed by atoms with Crippen molar-refractivity contribution in [2.45, 2.75) is 145 Å². The van der Waals surface area contributed by atoms with Crippen LogP contribution < -0.4 is 0 Å². The average molecular weight is 739 g/mol. The van der Waals surface area contributed by atoms with E-state index in [0.29, 0.717) is 6.42 Å². The normalized spacial score (nSPS) is 20.5. The molecule has 1 fully saturated rings. The molecule has 0 spiro atoms. The van der Waals surface area contributed by atoms with Crippen LogP contribution in [-0.2, 0) is 4.74 Å². The Morgan fingerprint density at radius 2 is 0.963 bits per heavy atom. The Bertz CT molecular complexity index is 1580. The predicted octanol–water partition coefficient (Wildman–Crippen LogP) is 12.5. The van der Waals surface area contributed by atoms with Crippen LogP contribution in [0.4, 0.5) is 0 Å². The number of hydrogen-bond donors (Lipinski definition) is 3.